The maximum Gasteiger partial charge on any atom is 0.524 e. The van der Waals surface area contributed by atoms with Crippen LogP contribution in [0.4, 0.5) is 4.79 Å². The second-order valence-corrected chi connectivity index (χ2v) is 2.44. The van der Waals surface area contributed by atoms with E-state index in [1.165, 1.54) is 0 Å². The van der Waals surface area contributed by atoms with E-state index >= 15 is 0 Å². The molecule has 0 saturated carbocycles. The Balaban J connectivity index is -0.000000845. The molecular formula is C7H10O7Zn2. The SMILES string of the molecule is CC(O)C(=O)OC(=O)OC(=O)C(C)O.[Zn].[Zn]. The average Bonchev–Trinajstić information content (AvgIpc) is 2.03. The molecule has 0 heterocycles. The van der Waals surface area contributed by atoms with Gasteiger partial charge in [-0.3, -0.25) is 0 Å². The third kappa shape index (κ3) is 9.04. The van der Waals surface area contributed by atoms with Crippen molar-refractivity contribution in [3.8, 4) is 0 Å². The van der Waals surface area contributed by atoms with Crippen molar-refractivity contribution in [1.29, 1.82) is 0 Å². The standard InChI is InChI=1S/C7H10O7.2Zn/c1-3(8)5(10)13-7(12)14-6(11)4(2)9;;/h3-4,8-9H,1-2H3;;. The molecule has 2 atom stereocenters. The zero-order chi connectivity index (χ0) is 11.3. The first-order valence-corrected chi connectivity index (χ1v) is 3.68. The van der Waals surface area contributed by atoms with E-state index in [0.717, 1.165) is 13.8 Å². The summed E-state index contributed by atoms with van der Waals surface area (Å²) in [4.78, 5) is 31.7. The summed E-state index contributed by atoms with van der Waals surface area (Å²) >= 11 is 0. The summed E-state index contributed by atoms with van der Waals surface area (Å²) in [7, 11) is 0. The molecule has 0 aromatic carbocycles. The number of esters is 2. The van der Waals surface area contributed by atoms with Crippen molar-refractivity contribution >= 4 is 18.1 Å². The van der Waals surface area contributed by atoms with E-state index in [4.69, 9.17) is 10.2 Å². The first-order valence-electron chi connectivity index (χ1n) is 3.68. The molecule has 0 spiro atoms. The van der Waals surface area contributed by atoms with Gasteiger partial charge in [0.05, 0.1) is 0 Å². The molecule has 0 aromatic rings. The van der Waals surface area contributed by atoms with Gasteiger partial charge < -0.3 is 19.7 Å². The molecule has 0 radical (unpaired) electrons. The van der Waals surface area contributed by atoms with E-state index in [1.54, 1.807) is 0 Å². The van der Waals surface area contributed by atoms with Crippen molar-refractivity contribution in [1.82, 2.24) is 0 Å². The van der Waals surface area contributed by atoms with Crippen LogP contribution in [0.3, 0.4) is 0 Å². The Morgan fingerprint density at radius 3 is 1.31 bits per heavy atom. The zero-order valence-corrected chi connectivity index (χ0v) is 14.9. The fourth-order valence-electron chi connectivity index (χ4n) is 0.356. The third-order valence-electron chi connectivity index (χ3n) is 1.05. The Hall–Kier alpha value is -0.223. The van der Waals surface area contributed by atoms with Crippen molar-refractivity contribution in [3.63, 3.8) is 0 Å². The van der Waals surface area contributed by atoms with Crippen LogP contribution in [-0.2, 0) is 58.0 Å². The number of ether oxygens (including phenoxy) is 2. The molecule has 0 aromatic heterocycles. The molecule has 16 heavy (non-hydrogen) atoms. The molecule has 84 valence electrons. The topological polar surface area (TPSA) is 110 Å². The number of rotatable bonds is 2. The van der Waals surface area contributed by atoms with Crippen LogP contribution in [0.5, 0.6) is 0 Å². The summed E-state index contributed by atoms with van der Waals surface area (Å²) in [6.07, 6.45) is -4.57. The van der Waals surface area contributed by atoms with E-state index in [1.807, 2.05) is 0 Å². The fourth-order valence-corrected chi connectivity index (χ4v) is 0.356. The van der Waals surface area contributed by atoms with E-state index in [2.05, 4.69) is 9.47 Å². The van der Waals surface area contributed by atoms with Crippen LogP contribution in [0.25, 0.3) is 0 Å². The van der Waals surface area contributed by atoms with Crippen molar-refractivity contribution in [2.24, 2.45) is 0 Å². The molecule has 2 N–H and O–H groups in total. The summed E-state index contributed by atoms with van der Waals surface area (Å²) in [5.41, 5.74) is 0. The zero-order valence-electron chi connectivity index (χ0n) is 9.00. The summed E-state index contributed by atoms with van der Waals surface area (Å²) in [5.74, 6) is -2.48. The van der Waals surface area contributed by atoms with E-state index in [-0.39, 0.29) is 39.0 Å². The van der Waals surface area contributed by atoms with Gasteiger partial charge >= 0.3 is 18.1 Å². The molecule has 9 heteroatoms. The number of carbonyl (C=O) groups is 3. The monoisotopic (exact) mass is 334 g/mol. The molecule has 2 unspecified atom stereocenters. The Bertz CT molecular complexity index is 227. The minimum atomic E-state index is -1.58. The van der Waals surface area contributed by atoms with E-state index < -0.39 is 30.3 Å². The number of carbonyl (C=O) groups excluding carboxylic acids is 3. The van der Waals surface area contributed by atoms with Gasteiger partial charge in [0.15, 0.2) is 0 Å². The van der Waals surface area contributed by atoms with Gasteiger partial charge in [0, 0.05) is 39.0 Å². The molecule has 7 nitrogen and oxygen atoms in total. The summed E-state index contributed by atoms with van der Waals surface area (Å²) in [6.45, 7) is 2.15. The predicted molar refractivity (Wildman–Crippen MR) is 40.9 cm³/mol. The molecular weight excluding hydrogens is 327 g/mol. The minimum absolute atomic E-state index is 0. The van der Waals surface area contributed by atoms with Gasteiger partial charge in [0.2, 0.25) is 0 Å². The molecule has 0 fully saturated rings. The van der Waals surface area contributed by atoms with Gasteiger partial charge in [-0.15, -0.1) is 0 Å². The van der Waals surface area contributed by atoms with Crippen LogP contribution in [0.15, 0.2) is 0 Å². The molecule has 0 saturated heterocycles. The maximum atomic E-state index is 10.6. The Labute approximate surface area is 117 Å². The second kappa shape index (κ2) is 9.96. The van der Waals surface area contributed by atoms with Crippen LogP contribution in [0.2, 0.25) is 0 Å². The van der Waals surface area contributed by atoms with Gasteiger partial charge in [0.25, 0.3) is 0 Å². The number of aliphatic hydroxyl groups excluding tert-OH is 2. The van der Waals surface area contributed by atoms with Crippen molar-refractivity contribution < 1.29 is 73.0 Å². The maximum absolute atomic E-state index is 10.6. The van der Waals surface area contributed by atoms with Crippen LogP contribution in [0.1, 0.15) is 13.8 Å². The Kier molecular flexibility index (Phi) is 13.1. The van der Waals surface area contributed by atoms with Crippen molar-refractivity contribution in [3.05, 3.63) is 0 Å². The van der Waals surface area contributed by atoms with Gasteiger partial charge in [-0.2, -0.15) is 0 Å². The van der Waals surface area contributed by atoms with Crippen LogP contribution in [0, 0.1) is 0 Å². The summed E-state index contributed by atoms with van der Waals surface area (Å²) in [6, 6.07) is 0. The Morgan fingerprint density at radius 2 is 1.12 bits per heavy atom. The second-order valence-electron chi connectivity index (χ2n) is 2.44. The first kappa shape index (κ1) is 21.1. The van der Waals surface area contributed by atoms with Gasteiger partial charge in [-0.05, 0) is 13.8 Å². The number of hydrogen-bond donors (Lipinski definition) is 2. The molecule has 0 rings (SSSR count). The fraction of sp³-hybridized carbons (Fsp3) is 0.571. The molecule has 0 bridgehead atoms. The summed E-state index contributed by atoms with van der Waals surface area (Å²) in [5, 5.41) is 17.2. The van der Waals surface area contributed by atoms with E-state index in [9.17, 15) is 14.4 Å². The van der Waals surface area contributed by atoms with E-state index in [0.29, 0.717) is 0 Å². The molecule has 0 aliphatic carbocycles. The number of hydrogen-bond acceptors (Lipinski definition) is 7. The van der Waals surface area contributed by atoms with Crippen LogP contribution in [-0.4, -0.2) is 40.5 Å². The van der Waals surface area contributed by atoms with Crippen molar-refractivity contribution in [2.45, 2.75) is 26.1 Å². The third-order valence-corrected chi connectivity index (χ3v) is 1.05. The average molecular weight is 337 g/mol. The Morgan fingerprint density at radius 1 is 0.875 bits per heavy atom. The summed E-state index contributed by atoms with van der Waals surface area (Å²) < 4.78 is 7.70. The van der Waals surface area contributed by atoms with Crippen LogP contribution < -0.4 is 0 Å². The van der Waals surface area contributed by atoms with Gasteiger partial charge in [-0.1, -0.05) is 0 Å². The van der Waals surface area contributed by atoms with Gasteiger partial charge in [0.1, 0.15) is 12.2 Å². The normalized spacial score (nSPS) is 12.2. The quantitative estimate of drug-likeness (QED) is 0.376. The molecule has 0 aliphatic heterocycles. The van der Waals surface area contributed by atoms with Crippen molar-refractivity contribution in [2.75, 3.05) is 0 Å². The predicted octanol–water partition coefficient (Wildman–Crippen LogP) is -1.05. The molecule has 0 amide bonds. The van der Waals surface area contributed by atoms with Crippen LogP contribution >= 0.6 is 0 Å². The minimum Gasteiger partial charge on any atom is -0.382 e. The van der Waals surface area contributed by atoms with Gasteiger partial charge in [-0.25, -0.2) is 14.4 Å². The number of aliphatic hydroxyl groups is 2. The first-order chi connectivity index (χ1) is 6.34. The molecule has 0 aliphatic rings. The smallest absolute Gasteiger partial charge is 0.382 e. The largest absolute Gasteiger partial charge is 0.524 e.